The standard InChI is InChI=1S/C30H44N6O5Si/c1-18-14-20-25(23(32)17-21(29(34)38)27(20)41-18)35-10-7-8-11-36-26-22(31)15-19(28(33)37)16-24(26)39-12-9-13-40-42(5,6)30(2,3)4/h7-8,14-17,35-36H,9-13,31-32H2,1-6H3,(H2,33,37)(H2,34,38). The van der Waals surface area contributed by atoms with E-state index < -0.39 is 20.1 Å². The second-order valence-corrected chi connectivity index (χ2v) is 16.5. The number of anilines is 4. The zero-order valence-electron chi connectivity index (χ0n) is 25.4. The fraction of sp³-hybridized carbons (Fsp3) is 0.400. The van der Waals surface area contributed by atoms with Crippen molar-refractivity contribution in [3.05, 3.63) is 53.3 Å². The Kier molecular flexibility index (Phi) is 10.2. The Balaban J connectivity index is 1.62. The number of nitrogens with one attached hydrogen (secondary N) is 2. The van der Waals surface area contributed by atoms with Crippen LogP contribution in [0.15, 0.2) is 40.8 Å². The molecular weight excluding hydrogens is 552 g/mol. The lowest BCUT2D eigenvalue weighted by molar-refractivity contribution is 0.0992. The van der Waals surface area contributed by atoms with Gasteiger partial charge in [0, 0.05) is 37.1 Å². The molecule has 0 atom stereocenters. The summed E-state index contributed by atoms with van der Waals surface area (Å²) in [7, 11) is -1.84. The molecule has 228 valence electrons. The Morgan fingerprint density at radius 1 is 0.929 bits per heavy atom. The first kappa shape index (κ1) is 32.4. The SMILES string of the molecule is Cc1cc2c(NCC=CCNc3c(N)cc(C(N)=O)cc3OCCCO[Si](C)(C)C(C)(C)C)c(N)cc(C(N)=O)c2o1. The van der Waals surface area contributed by atoms with E-state index in [-0.39, 0.29) is 16.2 Å². The van der Waals surface area contributed by atoms with E-state index >= 15 is 0 Å². The summed E-state index contributed by atoms with van der Waals surface area (Å²) in [5.41, 5.74) is 26.3. The number of benzene rings is 2. The van der Waals surface area contributed by atoms with Crippen LogP contribution < -0.4 is 38.3 Å². The van der Waals surface area contributed by atoms with E-state index in [2.05, 4.69) is 44.5 Å². The third-order valence-electron chi connectivity index (χ3n) is 7.42. The van der Waals surface area contributed by atoms with Gasteiger partial charge in [0.05, 0.1) is 29.2 Å². The number of hydrogen-bond acceptors (Lipinski definition) is 9. The molecule has 0 saturated heterocycles. The topological polar surface area (TPSA) is 194 Å². The maximum Gasteiger partial charge on any atom is 0.252 e. The Bertz CT molecular complexity index is 1480. The molecule has 1 heterocycles. The highest BCUT2D eigenvalue weighted by atomic mass is 28.4. The van der Waals surface area contributed by atoms with Gasteiger partial charge in [-0.1, -0.05) is 32.9 Å². The van der Waals surface area contributed by atoms with Crippen molar-refractivity contribution in [1.82, 2.24) is 0 Å². The molecule has 2 amide bonds. The molecule has 10 N–H and O–H groups in total. The molecule has 3 rings (SSSR count). The summed E-state index contributed by atoms with van der Waals surface area (Å²) in [6, 6.07) is 6.45. The summed E-state index contributed by atoms with van der Waals surface area (Å²) >= 11 is 0. The molecule has 0 aliphatic heterocycles. The summed E-state index contributed by atoms with van der Waals surface area (Å²) in [6.45, 7) is 14.7. The highest BCUT2D eigenvalue weighted by Gasteiger charge is 2.36. The molecule has 0 aliphatic rings. The van der Waals surface area contributed by atoms with E-state index in [0.29, 0.717) is 78.0 Å². The van der Waals surface area contributed by atoms with Crippen LogP contribution in [0.4, 0.5) is 22.7 Å². The fourth-order valence-corrected chi connectivity index (χ4v) is 5.17. The zero-order chi connectivity index (χ0) is 31.2. The number of nitrogens with two attached hydrogens (primary N) is 4. The number of amides is 2. The van der Waals surface area contributed by atoms with Crippen molar-refractivity contribution in [3.63, 3.8) is 0 Å². The average Bonchev–Trinajstić information content (AvgIpc) is 3.27. The molecule has 3 aromatic rings. The summed E-state index contributed by atoms with van der Waals surface area (Å²) in [5, 5.41) is 7.36. The third-order valence-corrected chi connectivity index (χ3v) is 12.0. The van der Waals surface area contributed by atoms with Crippen LogP contribution in [0.3, 0.4) is 0 Å². The van der Waals surface area contributed by atoms with Crippen molar-refractivity contribution in [2.75, 3.05) is 48.4 Å². The first-order valence-electron chi connectivity index (χ1n) is 13.9. The Labute approximate surface area is 248 Å². The second-order valence-electron chi connectivity index (χ2n) is 11.7. The average molecular weight is 597 g/mol. The number of carbonyl (C=O) groups is 2. The van der Waals surface area contributed by atoms with Crippen molar-refractivity contribution in [2.45, 2.75) is 52.2 Å². The van der Waals surface area contributed by atoms with Gasteiger partial charge < -0.3 is 47.1 Å². The molecule has 0 bridgehead atoms. The third kappa shape index (κ3) is 7.77. The maximum atomic E-state index is 11.8. The summed E-state index contributed by atoms with van der Waals surface area (Å²) in [4.78, 5) is 23.6. The van der Waals surface area contributed by atoms with Crippen molar-refractivity contribution in [3.8, 4) is 5.75 Å². The first-order chi connectivity index (χ1) is 19.6. The normalized spacial score (nSPS) is 12.1. The smallest absolute Gasteiger partial charge is 0.252 e. The van der Waals surface area contributed by atoms with Gasteiger partial charge in [0.2, 0.25) is 5.91 Å². The van der Waals surface area contributed by atoms with Crippen LogP contribution in [0.2, 0.25) is 18.1 Å². The van der Waals surface area contributed by atoms with E-state index in [4.69, 9.17) is 36.5 Å². The first-order valence-corrected chi connectivity index (χ1v) is 16.8. The molecular formula is C30H44N6O5Si. The van der Waals surface area contributed by atoms with Crippen LogP contribution in [-0.4, -0.2) is 46.4 Å². The molecule has 2 aromatic carbocycles. The minimum Gasteiger partial charge on any atom is -0.491 e. The number of ether oxygens (including phenoxy) is 1. The van der Waals surface area contributed by atoms with Crippen molar-refractivity contribution < 1.29 is 23.2 Å². The quantitative estimate of drug-likeness (QED) is 0.0644. The molecule has 0 radical (unpaired) electrons. The van der Waals surface area contributed by atoms with E-state index in [0.717, 1.165) is 0 Å². The van der Waals surface area contributed by atoms with Gasteiger partial charge in [-0.2, -0.15) is 0 Å². The Morgan fingerprint density at radius 3 is 2.14 bits per heavy atom. The predicted molar refractivity (Wildman–Crippen MR) is 173 cm³/mol. The highest BCUT2D eigenvalue weighted by Crippen LogP contribution is 2.37. The number of rotatable bonds is 14. The molecule has 1 aromatic heterocycles. The van der Waals surface area contributed by atoms with Crippen LogP contribution in [0.5, 0.6) is 5.75 Å². The lowest BCUT2D eigenvalue weighted by Gasteiger charge is -2.36. The van der Waals surface area contributed by atoms with Crippen molar-refractivity contribution in [1.29, 1.82) is 0 Å². The summed E-state index contributed by atoms with van der Waals surface area (Å²) in [6.07, 6.45) is 4.52. The second kappa shape index (κ2) is 13.2. The minimum atomic E-state index is -1.84. The monoisotopic (exact) mass is 596 g/mol. The van der Waals surface area contributed by atoms with E-state index in [1.54, 1.807) is 13.0 Å². The van der Waals surface area contributed by atoms with Gasteiger partial charge in [0.15, 0.2) is 8.32 Å². The highest BCUT2D eigenvalue weighted by molar-refractivity contribution is 6.74. The number of carbonyl (C=O) groups excluding carboxylic acids is 2. The molecule has 0 unspecified atom stereocenters. The van der Waals surface area contributed by atoms with E-state index in [1.165, 1.54) is 12.1 Å². The molecule has 0 fully saturated rings. The molecule has 0 spiro atoms. The van der Waals surface area contributed by atoms with Crippen molar-refractivity contribution >= 4 is 53.9 Å². The van der Waals surface area contributed by atoms with E-state index in [1.807, 2.05) is 18.2 Å². The van der Waals surface area contributed by atoms with Gasteiger partial charge in [0.1, 0.15) is 22.8 Å². The lowest BCUT2D eigenvalue weighted by Crippen LogP contribution is -2.41. The largest absolute Gasteiger partial charge is 0.491 e. The molecule has 12 heteroatoms. The molecule has 11 nitrogen and oxygen atoms in total. The Morgan fingerprint density at radius 2 is 1.55 bits per heavy atom. The molecule has 0 saturated carbocycles. The van der Waals surface area contributed by atoms with Gasteiger partial charge >= 0.3 is 0 Å². The van der Waals surface area contributed by atoms with Crippen molar-refractivity contribution in [2.24, 2.45) is 11.5 Å². The van der Waals surface area contributed by atoms with Gasteiger partial charge in [-0.25, -0.2) is 0 Å². The number of primary amides is 2. The predicted octanol–water partition coefficient (Wildman–Crippen LogP) is 4.97. The van der Waals surface area contributed by atoms with Crippen LogP contribution in [0, 0.1) is 6.92 Å². The van der Waals surface area contributed by atoms with Crippen LogP contribution in [0.1, 0.15) is 53.7 Å². The zero-order valence-corrected chi connectivity index (χ0v) is 26.4. The number of hydrogen-bond donors (Lipinski definition) is 6. The van der Waals surface area contributed by atoms with Gasteiger partial charge in [-0.3, -0.25) is 9.59 Å². The molecule has 0 aliphatic carbocycles. The number of furan rings is 1. The Hall–Kier alpha value is -4.16. The van der Waals surface area contributed by atoms with Crippen LogP contribution >= 0.6 is 0 Å². The van der Waals surface area contributed by atoms with Gasteiger partial charge in [-0.05, 0) is 49.3 Å². The summed E-state index contributed by atoms with van der Waals surface area (Å²) < 4.78 is 17.9. The summed E-state index contributed by atoms with van der Waals surface area (Å²) in [5.74, 6) is -0.107. The minimum absolute atomic E-state index is 0.130. The number of aryl methyl sites for hydroxylation is 1. The number of fused-ring (bicyclic) bond motifs is 1. The number of nitrogen functional groups attached to an aromatic ring is 2. The van der Waals surface area contributed by atoms with Gasteiger partial charge in [-0.15, -0.1) is 0 Å². The van der Waals surface area contributed by atoms with Gasteiger partial charge in [0.25, 0.3) is 5.91 Å². The lowest BCUT2D eigenvalue weighted by atomic mass is 10.1. The van der Waals surface area contributed by atoms with E-state index in [9.17, 15) is 9.59 Å². The molecule has 42 heavy (non-hydrogen) atoms. The maximum absolute atomic E-state index is 11.8. The fourth-order valence-electron chi connectivity index (χ4n) is 4.08. The van der Waals surface area contributed by atoms with Crippen LogP contribution in [-0.2, 0) is 4.43 Å². The van der Waals surface area contributed by atoms with Crippen LogP contribution in [0.25, 0.3) is 11.0 Å².